The fourth-order valence-corrected chi connectivity index (χ4v) is 3.15. The zero-order valence-electron chi connectivity index (χ0n) is 11.4. The predicted octanol–water partition coefficient (Wildman–Crippen LogP) is 2.16. The van der Waals surface area contributed by atoms with Crippen molar-refractivity contribution in [3.8, 4) is 11.5 Å². The highest BCUT2D eigenvalue weighted by Gasteiger charge is 2.20. The smallest absolute Gasteiger partial charge is 0.240 e. The van der Waals surface area contributed by atoms with Crippen LogP contribution >= 0.6 is 15.9 Å². The predicted molar refractivity (Wildman–Crippen MR) is 80.2 cm³/mol. The molecule has 1 aliphatic heterocycles. The van der Waals surface area contributed by atoms with Gasteiger partial charge in [-0.25, -0.2) is 13.1 Å². The van der Waals surface area contributed by atoms with E-state index in [1.807, 2.05) is 13.8 Å². The summed E-state index contributed by atoms with van der Waals surface area (Å²) in [5, 5.41) is 0. The van der Waals surface area contributed by atoms with Crippen molar-refractivity contribution in [1.82, 2.24) is 4.72 Å². The van der Waals surface area contributed by atoms with Crippen molar-refractivity contribution >= 4 is 26.0 Å². The van der Waals surface area contributed by atoms with Gasteiger partial charge in [0, 0.05) is 17.4 Å². The molecule has 1 aliphatic rings. The van der Waals surface area contributed by atoms with Crippen LogP contribution in [0.25, 0.3) is 0 Å². The number of sulfonamides is 1. The Bertz CT molecular complexity index is 574. The lowest BCUT2D eigenvalue weighted by atomic mass is 10.1. The van der Waals surface area contributed by atoms with Crippen molar-refractivity contribution in [2.75, 3.05) is 19.8 Å². The standard InChI is InChI=1S/C13H18BrNO4S/c1-9(2)11(14)8-15-20(16,17)10-3-4-12-13(7-10)19-6-5-18-12/h3-4,7,9,11,15H,5-6,8H2,1-2H3. The van der Waals surface area contributed by atoms with Crippen LogP contribution in [0, 0.1) is 5.92 Å². The summed E-state index contributed by atoms with van der Waals surface area (Å²) in [5.41, 5.74) is 0. The Balaban J connectivity index is 2.13. The molecular formula is C13H18BrNO4S. The second-order valence-corrected chi connectivity index (χ2v) is 7.86. The second kappa shape index (κ2) is 6.32. The normalized spacial score (nSPS) is 16.2. The van der Waals surface area contributed by atoms with Crippen LogP contribution in [0.15, 0.2) is 23.1 Å². The average Bonchev–Trinajstić information content (AvgIpc) is 2.44. The fourth-order valence-electron chi connectivity index (χ4n) is 1.70. The Labute approximate surface area is 127 Å². The topological polar surface area (TPSA) is 64.6 Å². The van der Waals surface area contributed by atoms with Gasteiger partial charge in [0.2, 0.25) is 10.0 Å². The molecule has 0 radical (unpaired) electrons. The molecule has 0 saturated carbocycles. The average molecular weight is 364 g/mol. The van der Waals surface area contributed by atoms with E-state index in [0.717, 1.165) is 0 Å². The molecule has 0 amide bonds. The Kier molecular flexibility index (Phi) is 4.93. The molecule has 0 saturated heterocycles. The lowest BCUT2D eigenvalue weighted by molar-refractivity contribution is 0.171. The maximum atomic E-state index is 12.2. The van der Waals surface area contributed by atoms with Gasteiger partial charge in [-0.2, -0.15) is 0 Å². The van der Waals surface area contributed by atoms with Crippen molar-refractivity contribution < 1.29 is 17.9 Å². The number of halogens is 1. The molecule has 1 atom stereocenters. The van der Waals surface area contributed by atoms with E-state index in [1.54, 1.807) is 6.07 Å². The number of alkyl halides is 1. The van der Waals surface area contributed by atoms with Crippen molar-refractivity contribution in [1.29, 1.82) is 0 Å². The van der Waals surface area contributed by atoms with Crippen LogP contribution in [-0.4, -0.2) is 33.0 Å². The third kappa shape index (κ3) is 3.65. The molecule has 7 heteroatoms. The Morgan fingerprint density at radius 2 is 1.90 bits per heavy atom. The number of nitrogens with one attached hydrogen (secondary N) is 1. The summed E-state index contributed by atoms with van der Waals surface area (Å²) < 4.78 is 37.8. The molecule has 1 N–H and O–H groups in total. The van der Waals surface area contributed by atoms with Gasteiger partial charge in [-0.05, 0) is 18.1 Å². The van der Waals surface area contributed by atoms with Gasteiger partial charge in [-0.3, -0.25) is 0 Å². The first-order valence-corrected chi connectivity index (χ1v) is 8.83. The molecule has 0 aliphatic carbocycles. The van der Waals surface area contributed by atoms with Crippen LogP contribution in [0.2, 0.25) is 0 Å². The summed E-state index contributed by atoms with van der Waals surface area (Å²) >= 11 is 3.46. The fraction of sp³-hybridized carbons (Fsp3) is 0.538. The minimum absolute atomic E-state index is 0.0921. The summed E-state index contributed by atoms with van der Waals surface area (Å²) in [5.74, 6) is 1.40. The maximum Gasteiger partial charge on any atom is 0.240 e. The molecule has 0 spiro atoms. The Hall–Kier alpha value is -0.790. The molecule has 112 valence electrons. The third-order valence-electron chi connectivity index (χ3n) is 3.02. The highest BCUT2D eigenvalue weighted by atomic mass is 79.9. The molecule has 1 aromatic carbocycles. The monoisotopic (exact) mass is 363 g/mol. The molecule has 0 aromatic heterocycles. The van der Waals surface area contributed by atoms with Gasteiger partial charge < -0.3 is 9.47 Å². The van der Waals surface area contributed by atoms with Crippen molar-refractivity contribution in [3.05, 3.63) is 18.2 Å². The summed E-state index contributed by atoms with van der Waals surface area (Å²) in [7, 11) is -3.54. The van der Waals surface area contributed by atoms with Crippen LogP contribution in [0.4, 0.5) is 0 Å². The van der Waals surface area contributed by atoms with Gasteiger partial charge in [0.1, 0.15) is 13.2 Å². The minimum atomic E-state index is -3.54. The molecule has 0 bridgehead atoms. The van der Waals surface area contributed by atoms with Crippen molar-refractivity contribution in [3.63, 3.8) is 0 Å². The molecule has 2 rings (SSSR count). The highest BCUT2D eigenvalue weighted by Crippen LogP contribution is 2.32. The number of hydrogen-bond acceptors (Lipinski definition) is 4. The van der Waals surface area contributed by atoms with E-state index in [2.05, 4.69) is 20.7 Å². The molecule has 1 heterocycles. The molecule has 1 unspecified atom stereocenters. The minimum Gasteiger partial charge on any atom is -0.486 e. The number of rotatable bonds is 5. The van der Waals surface area contributed by atoms with E-state index in [-0.39, 0.29) is 9.72 Å². The summed E-state index contributed by atoms with van der Waals surface area (Å²) in [6, 6.07) is 4.64. The first-order valence-electron chi connectivity index (χ1n) is 6.43. The van der Waals surface area contributed by atoms with Crippen LogP contribution in [0.1, 0.15) is 13.8 Å². The maximum absolute atomic E-state index is 12.2. The number of ether oxygens (including phenoxy) is 2. The quantitative estimate of drug-likeness (QED) is 0.814. The van der Waals surface area contributed by atoms with E-state index >= 15 is 0 Å². The Morgan fingerprint density at radius 3 is 2.55 bits per heavy atom. The van der Waals surface area contributed by atoms with Gasteiger partial charge in [0.25, 0.3) is 0 Å². The second-order valence-electron chi connectivity index (χ2n) is 4.92. The largest absolute Gasteiger partial charge is 0.486 e. The first kappa shape index (κ1) is 15.6. The van der Waals surface area contributed by atoms with E-state index in [1.165, 1.54) is 12.1 Å². The zero-order valence-corrected chi connectivity index (χ0v) is 13.8. The Morgan fingerprint density at radius 1 is 1.25 bits per heavy atom. The lowest BCUT2D eigenvalue weighted by Crippen LogP contribution is -2.31. The molecule has 5 nitrogen and oxygen atoms in total. The van der Waals surface area contributed by atoms with Crippen LogP contribution < -0.4 is 14.2 Å². The van der Waals surface area contributed by atoms with Crippen LogP contribution in [0.3, 0.4) is 0 Å². The third-order valence-corrected chi connectivity index (χ3v) is 5.82. The number of benzene rings is 1. The van der Waals surface area contributed by atoms with Gasteiger partial charge in [-0.15, -0.1) is 0 Å². The van der Waals surface area contributed by atoms with E-state index in [4.69, 9.17) is 9.47 Å². The van der Waals surface area contributed by atoms with Crippen LogP contribution in [-0.2, 0) is 10.0 Å². The zero-order chi connectivity index (χ0) is 14.8. The van der Waals surface area contributed by atoms with E-state index < -0.39 is 10.0 Å². The molecular weight excluding hydrogens is 346 g/mol. The summed E-state index contributed by atoms with van der Waals surface area (Å²) in [4.78, 5) is 0.277. The van der Waals surface area contributed by atoms with E-state index in [9.17, 15) is 8.42 Å². The van der Waals surface area contributed by atoms with Gasteiger partial charge >= 0.3 is 0 Å². The van der Waals surface area contributed by atoms with Crippen molar-refractivity contribution in [2.45, 2.75) is 23.6 Å². The number of fused-ring (bicyclic) bond motifs is 1. The van der Waals surface area contributed by atoms with Gasteiger partial charge in [0.15, 0.2) is 11.5 Å². The van der Waals surface area contributed by atoms with Gasteiger partial charge in [-0.1, -0.05) is 29.8 Å². The number of hydrogen-bond donors (Lipinski definition) is 1. The summed E-state index contributed by atoms with van der Waals surface area (Å²) in [6.45, 7) is 5.31. The van der Waals surface area contributed by atoms with Gasteiger partial charge in [0.05, 0.1) is 4.90 Å². The van der Waals surface area contributed by atoms with E-state index in [0.29, 0.717) is 37.2 Å². The van der Waals surface area contributed by atoms with Crippen molar-refractivity contribution in [2.24, 2.45) is 5.92 Å². The molecule has 20 heavy (non-hydrogen) atoms. The van der Waals surface area contributed by atoms with Crippen LogP contribution in [0.5, 0.6) is 11.5 Å². The SMILES string of the molecule is CC(C)C(Br)CNS(=O)(=O)c1ccc2c(c1)OCCO2. The molecule has 0 fully saturated rings. The first-order chi connectivity index (χ1) is 9.40. The highest BCUT2D eigenvalue weighted by molar-refractivity contribution is 9.09. The summed E-state index contributed by atoms with van der Waals surface area (Å²) in [6.07, 6.45) is 0. The lowest BCUT2D eigenvalue weighted by Gasteiger charge is -2.19. The molecule has 1 aromatic rings.